The van der Waals surface area contributed by atoms with E-state index < -0.39 is 6.04 Å². The van der Waals surface area contributed by atoms with Crippen LogP contribution < -0.4 is 5.32 Å². The van der Waals surface area contributed by atoms with Gasteiger partial charge in [-0.2, -0.15) is 0 Å². The highest BCUT2D eigenvalue weighted by atomic mass is 16.3. The molecule has 1 saturated heterocycles. The Balaban J connectivity index is 1.63. The summed E-state index contributed by atoms with van der Waals surface area (Å²) in [5.41, 5.74) is 2.22. The number of hydrogen-bond acceptors (Lipinski definition) is 4. The van der Waals surface area contributed by atoms with Crippen molar-refractivity contribution < 1.29 is 14.7 Å². The molecule has 1 aliphatic carbocycles. The van der Waals surface area contributed by atoms with E-state index in [1.165, 1.54) is 5.56 Å². The van der Waals surface area contributed by atoms with Gasteiger partial charge in [0.1, 0.15) is 0 Å². The highest BCUT2D eigenvalue weighted by Gasteiger charge is 2.39. The van der Waals surface area contributed by atoms with Crippen molar-refractivity contribution in [2.75, 3.05) is 33.3 Å². The van der Waals surface area contributed by atoms with Crippen molar-refractivity contribution in [3.63, 3.8) is 0 Å². The summed E-state index contributed by atoms with van der Waals surface area (Å²) in [5, 5.41) is 12.5. The van der Waals surface area contributed by atoms with E-state index in [-0.39, 0.29) is 30.3 Å². The number of nitrogens with one attached hydrogen (secondary N) is 1. The zero-order valence-corrected chi connectivity index (χ0v) is 16.4. The van der Waals surface area contributed by atoms with Gasteiger partial charge >= 0.3 is 0 Å². The average molecular weight is 373 g/mol. The highest BCUT2D eigenvalue weighted by Crippen LogP contribution is 2.40. The molecule has 1 aromatic carbocycles. The highest BCUT2D eigenvalue weighted by molar-refractivity contribution is 5.88. The van der Waals surface area contributed by atoms with Gasteiger partial charge in [0.25, 0.3) is 0 Å². The number of benzene rings is 1. The molecule has 148 valence electrons. The molecule has 1 aromatic rings. The molecule has 1 heterocycles. The predicted octanol–water partition coefficient (Wildman–Crippen LogP) is 1.31. The van der Waals surface area contributed by atoms with Crippen molar-refractivity contribution >= 4 is 11.8 Å². The maximum Gasteiger partial charge on any atom is 0.237 e. The fourth-order valence-electron chi connectivity index (χ4n) is 4.06. The van der Waals surface area contributed by atoms with Crippen molar-refractivity contribution in [1.82, 2.24) is 15.1 Å². The van der Waals surface area contributed by atoms with E-state index in [2.05, 4.69) is 41.4 Å². The topological polar surface area (TPSA) is 72.9 Å². The quantitative estimate of drug-likeness (QED) is 0.756. The van der Waals surface area contributed by atoms with Crippen LogP contribution in [-0.4, -0.2) is 66.1 Å². The van der Waals surface area contributed by atoms with Gasteiger partial charge in [0.15, 0.2) is 0 Å². The van der Waals surface area contributed by atoms with E-state index in [1.807, 2.05) is 0 Å². The lowest BCUT2D eigenvalue weighted by Gasteiger charge is -2.43. The first kappa shape index (κ1) is 19.8. The Hall–Kier alpha value is -1.92. The van der Waals surface area contributed by atoms with E-state index >= 15 is 0 Å². The Morgan fingerprint density at radius 1 is 1.33 bits per heavy atom. The molecule has 6 heteroatoms. The number of carbonyl (C=O) groups excluding carboxylic acids is 2. The summed E-state index contributed by atoms with van der Waals surface area (Å²) in [7, 11) is 1.78. The summed E-state index contributed by atoms with van der Waals surface area (Å²) in [6, 6.07) is 7.85. The number of nitrogens with zero attached hydrogens (tertiary/aromatic N) is 2. The molecule has 1 saturated carbocycles. The Bertz CT molecular complexity index is 664. The molecular formula is C21H31N3O3. The second-order valence-electron chi connectivity index (χ2n) is 8.23. The van der Waals surface area contributed by atoms with E-state index in [9.17, 15) is 14.7 Å². The number of aryl methyl sites for hydroxylation is 1. The van der Waals surface area contributed by atoms with Crippen molar-refractivity contribution in [2.45, 2.75) is 45.2 Å². The minimum absolute atomic E-state index is 0.0364. The van der Waals surface area contributed by atoms with Gasteiger partial charge in [0, 0.05) is 38.6 Å². The van der Waals surface area contributed by atoms with Gasteiger partial charge in [-0.15, -0.1) is 0 Å². The van der Waals surface area contributed by atoms with Gasteiger partial charge in [-0.25, -0.2) is 0 Å². The third-order valence-electron chi connectivity index (χ3n) is 6.06. The third-order valence-corrected chi connectivity index (χ3v) is 6.06. The average Bonchev–Trinajstić information content (AvgIpc) is 2.62. The van der Waals surface area contributed by atoms with Crippen LogP contribution >= 0.6 is 0 Å². The molecule has 27 heavy (non-hydrogen) atoms. The van der Waals surface area contributed by atoms with Crippen molar-refractivity contribution in [1.29, 1.82) is 0 Å². The summed E-state index contributed by atoms with van der Waals surface area (Å²) in [6.07, 6.45) is 3.21. The lowest BCUT2D eigenvalue weighted by atomic mass is 9.69. The molecule has 2 N–H and O–H groups in total. The van der Waals surface area contributed by atoms with Gasteiger partial charge in [0.05, 0.1) is 19.1 Å². The third kappa shape index (κ3) is 4.68. The second kappa shape index (κ2) is 8.40. The van der Waals surface area contributed by atoms with E-state index in [4.69, 9.17) is 0 Å². The summed E-state index contributed by atoms with van der Waals surface area (Å²) in [5.74, 6) is -0.110. The van der Waals surface area contributed by atoms with Crippen LogP contribution in [0.15, 0.2) is 24.3 Å². The maximum absolute atomic E-state index is 12.8. The van der Waals surface area contributed by atoms with Gasteiger partial charge < -0.3 is 15.3 Å². The standard InChI is InChI=1S/C21H31N3O3/c1-16-4-6-17(7-5-16)13-24-11-10-22-20(27)18(24)12-19(26)23(2)14-21(15-25)8-3-9-21/h4-7,18,25H,3,8-15H2,1-2H3,(H,22,27)/t18-/m0/s1. The lowest BCUT2D eigenvalue weighted by Crippen LogP contribution is -2.56. The molecule has 0 bridgehead atoms. The summed E-state index contributed by atoms with van der Waals surface area (Å²) in [6.45, 7) is 4.75. The van der Waals surface area contributed by atoms with Gasteiger partial charge in [0.2, 0.25) is 11.8 Å². The van der Waals surface area contributed by atoms with Crippen LogP contribution in [0.4, 0.5) is 0 Å². The SMILES string of the molecule is Cc1ccc(CN2CCNC(=O)[C@@H]2CC(=O)N(C)CC2(CO)CCC2)cc1. The van der Waals surface area contributed by atoms with E-state index in [0.717, 1.165) is 31.4 Å². The first-order valence-corrected chi connectivity index (χ1v) is 9.85. The summed E-state index contributed by atoms with van der Waals surface area (Å²) < 4.78 is 0. The molecule has 2 aliphatic rings. The molecule has 0 unspecified atom stereocenters. The largest absolute Gasteiger partial charge is 0.396 e. The van der Waals surface area contributed by atoms with Crippen LogP contribution in [-0.2, 0) is 16.1 Å². The van der Waals surface area contributed by atoms with Crippen LogP contribution in [0, 0.1) is 12.3 Å². The molecular weight excluding hydrogens is 342 g/mol. The van der Waals surface area contributed by atoms with Crippen LogP contribution in [0.2, 0.25) is 0 Å². The van der Waals surface area contributed by atoms with Crippen LogP contribution in [0.3, 0.4) is 0 Å². The molecule has 2 fully saturated rings. The molecule has 1 atom stereocenters. The first-order chi connectivity index (χ1) is 12.9. The number of piperazine rings is 1. The fraction of sp³-hybridized carbons (Fsp3) is 0.619. The molecule has 6 nitrogen and oxygen atoms in total. The van der Waals surface area contributed by atoms with Crippen molar-refractivity contribution in [3.8, 4) is 0 Å². The monoisotopic (exact) mass is 373 g/mol. The van der Waals surface area contributed by atoms with Crippen LogP contribution in [0.5, 0.6) is 0 Å². The molecule has 0 radical (unpaired) electrons. The van der Waals surface area contributed by atoms with E-state index in [0.29, 0.717) is 19.6 Å². The molecule has 0 spiro atoms. The van der Waals surface area contributed by atoms with Gasteiger partial charge in [-0.1, -0.05) is 36.2 Å². The number of aliphatic hydroxyl groups is 1. The number of rotatable bonds is 7. The molecule has 1 aliphatic heterocycles. The Labute approximate surface area is 161 Å². The summed E-state index contributed by atoms with van der Waals surface area (Å²) >= 11 is 0. The zero-order chi connectivity index (χ0) is 19.4. The Morgan fingerprint density at radius 3 is 2.63 bits per heavy atom. The van der Waals surface area contributed by atoms with Crippen LogP contribution in [0.25, 0.3) is 0 Å². The second-order valence-corrected chi connectivity index (χ2v) is 8.23. The molecule has 3 rings (SSSR count). The smallest absolute Gasteiger partial charge is 0.237 e. The van der Waals surface area contributed by atoms with Crippen molar-refractivity contribution in [3.05, 3.63) is 35.4 Å². The minimum Gasteiger partial charge on any atom is -0.396 e. The first-order valence-electron chi connectivity index (χ1n) is 9.85. The van der Waals surface area contributed by atoms with Gasteiger partial charge in [-0.05, 0) is 25.3 Å². The molecule has 2 amide bonds. The van der Waals surface area contributed by atoms with Crippen LogP contribution in [0.1, 0.15) is 36.8 Å². The lowest BCUT2D eigenvalue weighted by molar-refractivity contribution is -0.140. The summed E-state index contributed by atoms with van der Waals surface area (Å²) in [4.78, 5) is 29.0. The fourth-order valence-corrected chi connectivity index (χ4v) is 4.06. The number of amides is 2. The molecule has 0 aromatic heterocycles. The van der Waals surface area contributed by atoms with E-state index in [1.54, 1.807) is 11.9 Å². The zero-order valence-electron chi connectivity index (χ0n) is 16.4. The Kier molecular flexibility index (Phi) is 6.17. The normalized spacial score (nSPS) is 22.0. The number of hydrogen-bond donors (Lipinski definition) is 2. The van der Waals surface area contributed by atoms with Gasteiger partial charge in [-0.3, -0.25) is 14.5 Å². The number of aliphatic hydroxyl groups excluding tert-OH is 1. The minimum atomic E-state index is -0.443. The maximum atomic E-state index is 12.8. The number of carbonyl (C=O) groups is 2. The predicted molar refractivity (Wildman–Crippen MR) is 104 cm³/mol. The van der Waals surface area contributed by atoms with Crippen molar-refractivity contribution in [2.24, 2.45) is 5.41 Å². The Morgan fingerprint density at radius 2 is 2.04 bits per heavy atom.